The number of nitrogens with zero attached hydrogens (tertiary/aromatic N) is 3. The average Bonchev–Trinajstić information content (AvgIpc) is 3.26. The summed E-state index contributed by atoms with van der Waals surface area (Å²) in [4.78, 5) is 17.0. The van der Waals surface area contributed by atoms with Crippen LogP contribution in [0.3, 0.4) is 0 Å². The Kier molecular flexibility index (Phi) is 5.89. The van der Waals surface area contributed by atoms with Gasteiger partial charge >= 0.3 is 6.03 Å². The van der Waals surface area contributed by atoms with Crippen LogP contribution < -0.4 is 5.32 Å². The third kappa shape index (κ3) is 4.44. The first-order valence-corrected chi connectivity index (χ1v) is 11.4. The fourth-order valence-electron chi connectivity index (χ4n) is 4.91. The molecule has 0 bridgehead atoms. The first-order chi connectivity index (χ1) is 15.3. The Bertz CT molecular complexity index is 1040. The number of rotatable bonds is 5. The second-order valence-corrected chi connectivity index (χ2v) is 8.71. The first-order valence-electron chi connectivity index (χ1n) is 11.4. The molecule has 5 rings (SSSR count). The molecule has 1 saturated heterocycles. The summed E-state index contributed by atoms with van der Waals surface area (Å²) in [6.45, 7) is 5.41. The van der Waals surface area contributed by atoms with Crippen LogP contribution in [0, 0.1) is 0 Å². The van der Waals surface area contributed by atoms with Crippen LogP contribution in [0.15, 0.2) is 53.1 Å². The minimum Gasteiger partial charge on any atom is -0.356 e. The van der Waals surface area contributed by atoms with E-state index < -0.39 is 0 Å². The predicted molar refractivity (Wildman–Crippen MR) is 121 cm³/mol. The van der Waals surface area contributed by atoms with Gasteiger partial charge in [0, 0.05) is 30.9 Å². The van der Waals surface area contributed by atoms with Gasteiger partial charge in [-0.25, -0.2) is 4.79 Å². The Balaban J connectivity index is 1.03. The molecule has 0 atom stereocenters. The fraction of sp³-hybridized carbons (Fsp3) is 0.440. The van der Waals surface area contributed by atoms with Gasteiger partial charge in [0.1, 0.15) is 0 Å². The molecular weight excluding hydrogens is 388 g/mol. The van der Waals surface area contributed by atoms with Gasteiger partial charge in [0.15, 0.2) is 5.58 Å². The number of benzene rings is 2. The maximum atomic E-state index is 12.5. The molecule has 1 fully saturated rings. The van der Waals surface area contributed by atoms with Gasteiger partial charge in [-0.1, -0.05) is 41.6 Å². The predicted octanol–water partition coefficient (Wildman–Crippen LogP) is 4.17. The molecule has 0 saturated carbocycles. The van der Waals surface area contributed by atoms with Crippen LogP contribution in [-0.4, -0.2) is 53.7 Å². The van der Waals surface area contributed by atoms with E-state index in [1.54, 1.807) is 0 Å². The maximum Gasteiger partial charge on any atom is 0.317 e. The molecule has 1 aromatic heterocycles. The Morgan fingerprint density at radius 3 is 2.68 bits per heavy atom. The zero-order chi connectivity index (χ0) is 21.0. The summed E-state index contributed by atoms with van der Waals surface area (Å²) in [5, 5.41) is 8.62. The highest BCUT2D eigenvalue weighted by Gasteiger charge is 2.25. The minimum absolute atomic E-state index is 0.0612. The Morgan fingerprint density at radius 1 is 1.03 bits per heavy atom. The number of amides is 2. The topological polar surface area (TPSA) is 61.6 Å². The number of aromatic nitrogens is 1. The summed E-state index contributed by atoms with van der Waals surface area (Å²) in [6.07, 6.45) is 4.14. The van der Waals surface area contributed by atoms with Crippen molar-refractivity contribution in [3.8, 4) is 0 Å². The van der Waals surface area contributed by atoms with E-state index in [-0.39, 0.29) is 6.03 Å². The van der Waals surface area contributed by atoms with Gasteiger partial charge < -0.3 is 19.6 Å². The van der Waals surface area contributed by atoms with E-state index in [4.69, 9.17) is 4.52 Å². The molecule has 31 heavy (non-hydrogen) atoms. The van der Waals surface area contributed by atoms with Crippen LogP contribution in [0.25, 0.3) is 11.0 Å². The van der Waals surface area contributed by atoms with Crippen LogP contribution >= 0.6 is 0 Å². The molecule has 0 unspecified atom stereocenters. The molecule has 1 N–H and O–H groups in total. The van der Waals surface area contributed by atoms with Crippen LogP contribution in [0.5, 0.6) is 0 Å². The number of hydrogen-bond acceptors (Lipinski definition) is 4. The van der Waals surface area contributed by atoms with Crippen molar-refractivity contribution in [2.45, 2.75) is 38.1 Å². The Hall–Kier alpha value is -2.86. The first kappa shape index (κ1) is 20.1. The number of para-hydroxylation sites is 1. The van der Waals surface area contributed by atoms with Gasteiger partial charge in [-0.15, -0.1) is 0 Å². The number of likely N-dealkylation sites (tertiary alicyclic amines) is 1. The maximum absolute atomic E-state index is 12.5. The Labute approximate surface area is 183 Å². The molecule has 3 heterocycles. The molecule has 6 heteroatoms. The van der Waals surface area contributed by atoms with Crippen LogP contribution in [0.4, 0.5) is 4.79 Å². The lowest BCUT2D eigenvalue weighted by atomic mass is 9.91. The largest absolute Gasteiger partial charge is 0.356 e. The van der Waals surface area contributed by atoms with Gasteiger partial charge in [-0.05, 0) is 68.6 Å². The second kappa shape index (κ2) is 9.10. The van der Waals surface area contributed by atoms with Crippen molar-refractivity contribution in [3.05, 3.63) is 65.4 Å². The minimum atomic E-state index is 0.0612. The normalized spacial score (nSPS) is 17.6. The van der Waals surface area contributed by atoms with Crippen molar-refractivity contribution >= 4 is 17.0 Å². The smallest absolute Gasteiger partial charge is 0.317 e. The van der Waals surface area contributed by atoms with E-state index in [0.717, 1.165) is 75.1 Å². The number of carbonyl (C=O) groups excluding carboxylic acids is 1. The van der Waals surface area contributed by atoms with Gasteiger partial charge in [-0.3, -0.25) is 0 Å². The van der Waals surface area contributed by atoms with Crippen molar-refractivity contribution < 1.29 is 9.32 Å². The highest BCUT2D eigenvalue weighted by atomic mass is 16.5. The summed E-state index contributed by atoms with van der Waals surface area (Å²) in [5.74, 6) is 0.474. The summed E-state index contributed by atoms with van der Waals surface area (Å²) < 4.78 is 5.49. The molecule has 0 radical (unpaired) electrons. The number of fused-ring (bicyclic) bond motifs is 2. The van der Waals surface area contributed by atoms with Gasteiger partial charge in [-0.2, -0.15) is 0 Å². The summed E-state index contributed by atoms with van der Waals surface area (Å²) in [6, 6.07) is 16.6. The van der Waals surface area contributed by atoms with E-state index in [0.29, 0.717) is 12.5 Å². The number of hydrogen-bond donors (Lipinski definition) is 1. The molecule has 2 amide bonds. The number of carbonyl (C=O) groups is 1. The van der Waals surface area contributed by atoms with E-state index in [1.165, 1.54) is 11.1 Å². The zero-order valence-electron chi connectivity index (χ0n) is 17.9. The lowest BCUT2D eigenvalue weighted by Crippen LogP contribution is -2.43. The molecule has 2 aliphatic heterocycles. The lowest BCUT2D eigenvalue weighted by molar-refractivity contribution is 0.188. The van der Waals surface area contributed by atoms with E-state index in [9.17, 15) is 4.79 Å². The summed E-state index contributed by atoms with van der Waals surface area (Å²) in [7, 11) is 0. The molecule has 162 valence electrons. The molecule has 0 spiro atoms. The van der Waals surface area contributed by atoms with Crippen molar-refractivity contribution in [1.29, 1.82) is 0 Å². The van der Waals surface area contributed by atoms with Crippen molar-refractivity contribution in [2.24, 2.45) is 0 Å². The van der Waals surface area contributed by atoms with Gasteiger partial charge in [0.05, 0.1) is 5.69 Å². The van der Waals surface area contributed by atoms with E-state index in [2.05, 4.69) is 51.8 Å². The van der Waals surface area contributed by atoms with E-state index >= 15 is 0 Å². The van der Waals surface area contributed by atoms with Crippen LogP contribution in [0.2, 0.25) is 0 Å². The summed E-state index contributed by atoms with van der Waals surface area (Å²) in [5.41, 5.74) is 4.64. The van der Waals surface area contributed by atoms with Gasteiger partial charge in [0.2, 0.25) is 0 Å². The highest BCUT2D eigenvalue weighted by Crippen LogP contribution is 2.32. The monoisotopic (exact) mass is 418 g/mol. The van der Waals surface area contributed by atoms with Crippen molar-refractivity contribution in [2.75, 3.05) is 32.7 Å². The SMILES string of the molecule is O=C(NCCCN1CCC(c2noc3ccccc23)CC1)N1CCc2ccccc2C1. The van der Waals surface area contributed by atoms with Gasteiger partial charge in [0.25, 0.3) is 0 Å². The average molecular weight is 419 g/mol. The summed E-state index contributed by atoms with van der Waals surface area (Å²) >= 11 is 0. The lowest BCUT2D eigenvalue weighted by Gasteiger charge is -2.31. The number of urea groups is 1. The molecule has 2 aliphatic rings. The second-order valence-electron chi connectivity index (χ2n) is 8.71. The highest BCUT2D eigenvalue weighted by molar-refractivity contribution is 5.79. The molecular formula is C25H30N4O2. The molecule has 3 aromatic rings. The third-order valence-electron chi connectivity index (χ3n) is 6.72. The quantitative estimate of drug-likeness (QED) is 0.632. The van der Waals surface area contributed by atoms with Crippen molar-refractivity contribution in [3.63, 3.8) is 0 Å². The standard InChI is InChI=1S/C25H30N4O2/c30-25(29-17-12-19-6-1-2-7-21(19)18-29)26-13-5-14-28-15-10-20(11-16-28)24-22-8-3-4-9-23(22)31-27-24/h1-4,6-9,20H,5,10-18H2,(H,26,30). The van der Waals surface area contributed by atoms with Crippen LogP contribution in [0.1, 0.15) is 42.0 Å². The molecule has 6 nitrogen and oxygen atoms in total. The zero-order valence-corrected chi connectivity index (χ0v) is 17.9. The fourth-order valence-corrected chi connectivity index (χ4v) is 4.91. The van der Waals surface area contributed by atoms with Crippen LogP contribution in [-0.2, 0) is 13.0 Å². The molecule has 2 aromatic carbocycles. The number of piperidine rings is 1. The molecule has 0 aliphatic carbocycles. The third-order valence-corrected chi connectivity index (χ3v) is 6.72. The number of nitrogens with one attached hydrogen (secondary N) is 1. The van der Waals surface area contributed by atoms with E-state index in [1.807, 2.05) is 17.0 Å². The van der Waals surface area contributed by atoms with Crippen molar-refractivity contribution in [1.82, 2.24) is 20.3 Å². The Morgan fingerprint density at radius 2 is 1.81 bits per heavy atom.